The summed E-state index contributed by atoms with van der Waals surface area (Å²) in [5.74, 6) is -0.679. The van der Waals surface area contributed by atoms with Crippen LogP contribution in [0.15, 0.2) is 42.5 Å². The normalized spacial score (nSPS) is 12.4. The van der Waals surface area contributed by atoms with E-state index in [2.05, 4.69) is 5.32 Å². The molecule has 34 heavy (non-hydrogen) atoms. The van der Waals surface area contributed by atoms with Crippen LogP contribution in [0.25, 0.3) is 0 Å². The predicted molar refractivity (Wildman–Crippen MR) is 138 cm³/mol. The van der Waals surface area contributed by atoms with E-state index < -0.39 is 28.5 Å². The van der Waals surface area contributed by atoms with E-state index in [0.717, 1.165) is 16.1 Å². The molecule has 0 bridgehead atoms. The molecular formula is C23H28Cl3N3O4S. The van der Waals surface area contributed by atoms with Gasteiger partial charge in [-0.2, -0.15) is 0 Å². The van der Waals surface area contributed by atoms with Crippen LogP contribution in [-0.2, 0) is 26.2 Å². The summed E-state index contributed by atoms with van der Waals surface area (Å²) in [5, 5.41) is 3.80. The molecule has 1 N–H and O–H groups in total. The molecule has 2 aromatic carbocycles. The molecule has 0 spiro atoms. The molecule has 0 saturated carbocycles. The molecule has 0 heterocycles. The molecule has 2 amide bonds. The zero-order valence-electron chi connectivity index (χ0n) is 19.4. The van der Waals surface area contributed by atoms with Crippen LogP contribution in [0.5, 0.6) is 0 Å². The number of sulfonamides is 1. The van der Waals surface area contributed by atoms with Crippen molar-refractivity contribution in [1.82, 2.24) is 10.2 Å². The van der Waals surface area contributed by atoms with Crippen molar-refractivity contribution in [2.45, 2.75) is 33.4 Å². The van der Waals surface area contributed by atoms with E-state index >= 15 is 0 Å². The highest BCUT2D eigenvalue weighted by Gasteiger charge is 2.30. The Labute approximate surface area is 216 Å². The molecule has 0 unspecified atom stereocenters. The number of carbonyl (C=O) groups is 2. The molecular weight excluding hydrogens is 521 g/mol. The second-order valence-electron chi connectivity index (χ2n) is 8.36. The highest BCUT2D eigenvalue weighted by atomic mass is 35.5. The monoisotopic (exact) mass is 547 g/mol. The van der Waals surface area contributed by atoms with Crippen LogP contribution in [0.3, 0.4) is 0 Å². The molecule has 0 fully saturated rings. The van der Waals surface area contributed by atoms with Crippen LogP contribution >= 0.6 is 34.8 Å². The molecule has 0 aliphatic carbocycles. The molecule has 2 rings (SSSR count). The van der Waals surface area contributed by atoms with Crippen molar-refractivity contribution in [3.05, 3.63) is 63.1 Å². The van der Waals surface area contributed by atoms with E-state index in [1.54, 1.807) is 31.2 Å². The second-order valence-corrected chi connectivity index (χ2v) is 11.6. The molecule has 0 saturated heterocycles. The SMILES string of the molecule is CC(C)CNC(=O)[C@@H](C)N(Cc1ccc(Cl)cc1)C(=O)CN(c1cc(Cl)cc(Cl)c1)S(C)(=O)=O. The van der Waals surface area contributed by atoms with Crippen molar-refractivity contribution >= 4 is 62.3 Å². The molecule has 186 valence electrons. The number of nitrogens with one attached hydrogen (secondary N) is 1. The Bertz CT molecular complexity index is 1100. The fourth-order valence-corrected chi connectivity index (χ4v) is 4.59. The van der Waals surface area contributed by atoms with Gasteiger partial charge in [0.05, 0.1) is 11.9 Å². The van der Waals surface area contributed by atoms with Crippen molar-refractivity contribution in [3.8, 4) is 0 Å². The number of benzene rings is 2. The van der Waals surface area contributed by atoms with Gasteiger partial charge in [-0.3, -0.25) is 13.9 Å². The summed E-state index contributed by atoms with van der Waals surface area (Å²) < 4.78 is 26.0. The van der Waals surface area contributed by atoms with Crippen molar-refractivity contribution in [2.75, 3.05) is 23.7 Å². The average molecular weight is 549 g/mol. The van der Waals surface area contributed by atoms with Gasteiger partial charge < -0.3 is 10.2 Å². The number of hydrogen-bond acceptors (Lipinski definition) is 4. The second kappa shape index (κ2) is 12.1. The van der Waals surface area contributed by atoms with Crippen LogP contribution in [0, 0.1) is 5.92 Å². The summed E-state index contributed by atoms with van der Waals surface area (Å²) in [6.45, 7) is 5.52. The van der Waals surface area contributed by atoms with E-state index in [0.29, 0.717) is 11.6 Å². The number of halogens is 3. The van der Waals surface area contributed by atoms with Crippen molar-refractivity contribution in [2.24, 2.45) is 5.92 Å². The lowest BCUT2D eigenvalue weighted by Gasteiger charge is -2.31. The first-order valence-electron chi connectivity index (χ1n) is 10.5. The Hall–Kier alpha value is -2.00. The third-order valence-electron chi connectivity index (χ3n) is 4.93. The molecule has 7 nitrogen and oxygen atoms in total. The third kappa shape index (κ3) is 8.34. The number of nitrogens with zero attached hydrogens (tertiary/aromatic N) is 2. The zero-order chi connectivity index (χ0) is 25.6. The van der Waals surface area contributed by atoms with Gasteiger partial charge in [0.1, 0.15) is 12.6 Å². The zero-order valence-corrected chi connectivity index (χ0v) is 22.5. The van der Waals surface area contributed by atoms with Gasteiger partial charge in [0, 0.05) is 28.2 Å². The smallest absolute Gasteiger partial charge is 0.244 e. The molecule has 0 aliphatic heterocycles. The van der Waals surface area contributed by atoms with E-state index in [-0.39, 0.29) is 34.1 Å². The lowest BCUT2D eigenvalue weighted by atomic mass is 10.1. The Morgan fingerprint density at radius 1 is 0.941 bits per heavy atom. The van der Waals surface area contributed by atoms with Gasteiger partial charge in [-0.1, -0.05) is 60.8 Å². The van der Waals surface area contributed by atoms with Crippen molar-refractivity contribution in [3.63, 3.8) is 0 Å². The lowest BCUT2D eigenvalue weighted by Crippen LogP contribution is -2.51. The first-order chi connectivity index (χ1) is 15.8. The average Bonchev–Trinajstić information content (AvgIpc) is 2.73. The minimum atomic E-state index is -3.88. The fraction of sp³-hybridized carbons (Fsp3) is 0.391. The lowest BCUT2D eigenvalue weighted by molar-refractivity contribution is -0.139. The maximum atomic E-state index is 13.4. The van der Waals surface area contributed by atoms with E-state index in [4.69, 9.17) is 34.8 Å². The quantitative estimate of drug-likeness (QED) is 0.470. The van der Waals surface area contributed by atoms with Crippen molar-refractivity contribution in [1.29, 1.82) is 0 Å². The van der Waals surface area contributed by atoms with Crippen LogP contribution in [-0.4, -0.2) is 50.5 Å². The number of carbonyl (C=O) groups excluding carboxylic acids is 2. The first kappa shape index (κ1) is 28.2. The van der Waals surface area contributed by atoms with Gasteiger partial charge >= 0.3 is 0 Å². The Kier molecular flexibility index (Phi) is 10.1. The van der Waals surface area contributed by atoms with Gasteiger partial charge in [0.15, 0.2) is 0 Å². The van der Waals surface area contributed by atoms with Gasteiger partial charge in [-0.25, -0.2) is 8.42 Å². The maximum Gasteiger partial charge on any atom is 0.244 e. The predicted octanol–water partition coefficient (Wildman–Crippen LogP) is 4.60. The number of amides is 2. The highest BCUT2D eigenvalue weighted by Crippen LogP contribution is 2.27. The molecule has 11 heteroatoms. The molecule has 0 radical (unpaired) electrons. The molecule has 0 aliphatic rings. The maximum absolute atomic E-state index is 13.4. The topological polar surface area (TPSA) is 86.8 Å². The van der Waals surface area contributed by atoms with Gasteiger partial charge in [-0.15, -0.1) is 0 Å². The third-order valence-corrected chi connectivity index (χ3v) is 6.76. The molecule has 0 aromatic heterocycles. The summed E-state index contributed by atoms with van der Waals surface area (Å²) in [6, 6.07) is 10.3. The molecule has 2 aromatic rings. The Balaban J connectivity index is 2.39. The summed E-state index contributed by atoms with van der Waals surface area (Å²) in [7, 11) is -3.88. The van der Waals surface area contributed by atoms with E-state index in [1.165, 1.54) is 23.1 Å². The van der Waals surface area contributed by atoms with Crippen molar-refractivity contribution < 1.29 is 18.0 Å². The number of anilines is 1. The minimum Gasteiger partial charge on any atom is -0.354 e. The highest BCUT2D eigenvalue weighted by molar-refractivity contribution is 7.92. The van der Waals surface area contributed by atoms with Crippen LogP contribution in [0.4, 0.5) is 5.69 Å². The van der Waals surface area contributed by atoms with Crippen LogP contribution in [0.1, 0.15) is 26.3 Å². The fourth-order valence-electron chi connectivity index (χ4n) is 3.12. The Morgan fingerprint density at radius 2 is 1.50 bits per heavy atom. The number of hydrogen-bond donors (Lipinski definition) is 1. The largest absolute Gasteiger partial charge is 0.354 e. The molecule has 1 atom stereocenters. The Morgan fingerprint density at radius 3 is 2.00 bits per heavy atom. The van der Waals surface area contributed by atoms with E-state index in [1.807, 2.05) is 13.8 Å². The summed E-state index contributed by atoms with van der Waals surface area (Å²) >= 11 is 18.1. The standard InChI is InChI=1S/C23H28Cl3N3O4S/c1-15(2)12-27-23(31)16(3)28(13-17-5-7-18(24)8-6-17)22(30)14-29(34(4,32)33)21-10-19(25)9-20(26)11-21/h5-11,15-16H,12-14H2,1-4H3,(H,27,31)/t16-/m1/s1. The van der Waals surface area contributed by atoms with Gasteiger partial charge in [0.2, 0.25) is 21.8 Å². The summed E-state index contributed by atoms with van der Waals surface area (Å²) in [5.41, 5.74) is 0.884. The van der Waals surface area contributed by atoms with Gasteiger partial charge in [0.25, 0.3) is 0 Å². The van der Waals surface area contributed by atoms with Crippen LogP contribution in [0.2, 0.25) is 15.1 Å². The van der Waals surface area contributed by atoms with Crippen LogP contribution < -0.4 is 9.62 Å². The first-order valence-corrected chi connectivity index (χ1v) is 13.5. The summed E-state index contributed by atoms with van der Waals surface area (Å²) in [4.78, 5) is 27.6. The number of rotatable bonds is 10. The minimum absolute atomic E-state index is 0.0835. The summed E-state index contributed by atoms with van der Waals surface area (Å²) in [6.07, 6.45) is 0.984. The van der Waals surface area contributed by atoms with E-state index in [9.17, 15) is 18.0 Å². The van der Waals surface area contributed by atoms with Gasteiger partial charge in [-0.05, 0) is 48.7 Å².